The van der Waals surface area contributed by atoms with E-state index in [1.807, 2.05) is 67.3 Å². The van der Waals surface area contributed by atoms with Crippen LogP contribution in [0.4, 0.5) is 0 Å². The minimum atomic E-state index is -1.43. The molecule has 4 aliphatic heterocycles. The molecule has 3 amide bonds. The van der Waals surface area contributed by atoms with Crippen molar-refractivity contribution in [2.24, 2.45) is 17.8 Å². The number of carbonyl (C=O) groups is 4. The molecule has 1 aromatic rings. The fourth-order valence-electron chi connectivity index (χ4n) is 8.60. The van der Waals surface area contributed by atoms with Crippen LogP contribution in [0.5, 0.6) is 0 Å². The highest BCUT2D eigenvalue weighted by Gasteiger charge is 2.72. The van der Waals surface area contributed by atoms with Crippen molar-refractivity contribution in [3.63, 3.8) is 0 Å². The van der Waals surface area contributed by atoms with Gasteiger partial charge in [-0.25, -0.2) is 0 Å². The Morgan fingerprint density at radius 2 is 1.77 bits per heavy atom. The van der Waals surface area contributed by atoms with Gasteiger partial charge >= 0.3 is 5.97 Å². The Balaban J connectivity index is 1.45. The van der Waals surface area contributed by atoms with Crippen LogP contribution in [0.2, 0.25) is 0 Å². The first-order chi connectivity index (χ1) is 22.7. The lowest BCUT2D eigenvalue weighted by atomic mass is 9.77. The van der Waals surface area contributed by atoms with Gasteiger partial charge in [0.1, 0.15) is 23.7 Å². The van der Waals surface area contributed by atoms with Gasteiger partial charge in [0, 0.05) is 19.0 Å². The molecular formula is C37H49N3O7. The largest absolute Gasteiger partial charge is 0.455 e. The van der Waals surface area contributed by atoms with E-state index in [1.54, 1.807) is 17.9 Å². The number of aliphatic hydroxyl groups excluding tert-OH is 1. The first-order valence-electron chi connectivity index (χ1n) is 17.5. The summed E-state index contributed by atoms with van der Waals surface area (Å²) in [6, 6.07) is 7.12. The molecule has 0 radical (unpaired) electrons. The molecule has 2 saturated heterocycles. The number of nitrogens with zero attached hydrogens (tertiary/aromatic N) is 2. The Kier molecular flexibility index (Phi) is 9.90. The average molecular weight is 648 g/mol. The number of esters is 1. The summed E-state index contributed by atoms with van der Waals surface area (Å²) in [4.78, 5) is 60.4. The van der Waals surface area contributed by atoms with Gasteiger partial charge in [-0.15, -0.1) is 0 Å². The molecule has 3 fully saturated rings. The van der Waals surface area contributed by atoms with E-state index < -0.39 is 53.7 Å². The molecule has 1 saturated carbocycles. The molecule has 2 N–H and O–H groups in total. The predicted molar refractivity (Wildman–Crippen MR) is 175 cm³/mol. The number of hydrogen-bond acceptors (Lipinski definition) is 7. The third kappa shape index (κ3) is 6.26. The van der Waals surface area contributed by atoms with Crippen LogP contribution in [0, 0.1) is 17.8 Å². The smallest absolute Gasteiger partial charge is 0.313 e. The number of likely N-dealkylation sites (tertiary alicyclic amines) is 1. The molecule has 0 bridgehead atoms. The summed E-state index contributed by atoms with van der Waals surface area (Å²) < 4.78 is 13.1. The van der Waals surface area contributed by atoms with Gasteiger partial charge in [-0.2, -0.15) is 0 Å². The Hall–Kier alpha value is -3.50. The normalized spacial score (nSPS) is 34.8. The second kappa shape index (κ2) is 13.9. The average Bonchev–Trinajstić information content (AvgIpc) is 3.45. The molecule has 254 valence electrons. The van der Waals surface area contributed by atoms with Crippen LogP contribution in [-0.4, -0.2) is 87.6 Å². The lowest BCUT2D eigenvalue weighted by molar-refractivity contribution is -0.162. The second-order valence-corrected chi connectivity index (χ2v) is 14.3. The topological polar surface area (TPSA) is 125 Å². The van der Waals surface area contributed by atoms with Crippen LogP contribution >= 0.6 is 0 Å². The van der Waals surface area contributed by atoms with Crippen molar-refractivity contribution in [3.05, 3.63) is 60.2 Å². The van der Waals surface area contributed by atoms with Crippen LogP contribution in [0.1, 0.15) is 83.8 Å². The summed E-state index contributed by atoms with van der Waals surface area (Å²) in [7, 11) is 0. The molecule has 10 nitrogen and oxygen atoms in total. The van der Waals surface area contributed by atoms with Gasteiger partial charge < -0.3 is 29.7 Å². The minimum absolute atomic E-state index is 0.0577. The quantitative estimate of drug-likeness (QED) is 0.355. The highest BCUT2D eigenvalue weighted by atomic mass is 16.6. The molecule has 5 aliphatic rings. The molecule has 1 aliphatic carbocycles. The zero-order chi connectivity index (χ0) is 33.3. The maximum Gasteiger partial charge on any atom is 0.313 e. The van der Waals surface area contributed by atoms with Gasteiger partial charge in [0.25, 0.3) is 0 Å². The summed E-state index contributed by atoms with van der Waals surface area (Å²) >= 11 is 0. The summed E-state index contributed by atoms with van der Waals surface area (Å²) in [5, 5.41) is 13.6. The van der Waals surface area contributed by atoms with Gasteiger partial charge in [0.05, 0.1) is 30.7 Å². The summed E-state index contributed by atoms with van der Waals surface area (Å²) in [5.74, 6) is -3.28. The zero-order valence-corrected chi connectivity index (χ0v) is 27.8. The number of fused-ring (bicyclic) bond motifs is 2. The van der Waals surface area contributed by atoms with E-state index in [1.165, 1.54) is 0 Å². The monoisotopic (exact) mass is 647 g/mol. The van der Waals surface area contributed by atoms with Crippen LogP contribution in [-0.2, 0) is 28.7 Å². The van der Waals surface area contributed by atoms with Crippen molar-refractivity contribution in [1.29, 1.82) is 0 Å². The number of aliphatic hydroxyl groups is 1. The van der Waals surface area contributed by atoms with Crippen LogP contribution in [0.3, 0.4) is 0 Å². The maximum absolute atomic E-state index is 14.8. The molecule has 47 heavy (non-hydrogen) atoms. The highest BCUT2D eigenvalue weighted by Crippen LogP contribution is 2.54. The lowest BCUT2D eigenvalue weighted by Crippen LogP contribution is -2.59. The van der Waals surface area contributed by atoms with Crippen LogP contribution in [0.25, 0.3) is 0 Å². The van der Waals surface area contributed by atoms with Crippen molar-refractivity contribution >= 4 is 23.7 Å². The van der Waals surface area contributed by atoms with Crippen molar-refractivity contribution < 1.29 is 33.8 Å². The van der Waals surface area contributed by atoms with E-state index >= 15 is 0 Å². The maximum atomic E-state index is 14.8. The standard InChI is InChI=1S/C37H49N3O7/c1-23(2)21-27(22-41)40-33-35(44)39(26-15-8-5-9-16-26)20-12-19-37(33)31(34(40)43)30-28(47-37)17-10-11-18-29(42)38-24(3)32(46-36(30)45)25-13-6-4-7-14-25/h4,6-7,10,12-14,17,19,23-24,26-28,30-33,41H,5,8-9,11,15-16,18,20-22H2,1-3H3,(H,38,42)/b17-10-/t24-,27-,28-,30+,31+,32+,33-,37+/m1/s1. The van der Waals surface area contributed by atoms with E-state index in [-0.39, 0.29) is 42.7 Å². The molecule has 8 atom stereocenters. The molecule has 4 heterocycles. The molecule has 1 aromatic carbocycles. The highest BCUT2D eigenvalue weighted by molar-refractivity contribution is 5.99. The van der Waals surface area contributed by atoms with Crippen LogP contribution in [0.15, 0.2) is 54.6 Å². The molecule has 0 unspecified atom stereocenters. The van der Waals surface area contributed by atoms with Crippen molar-refractivity contribution in [1.82, 2.24) is 15.1 Å². The Bertz CT molecular complexity index is 1390. The van der Waals surface area contributed by atoms with Crippen molar-refractivity contribution in [3.8, 4) is 0 Å². The number of nitrogens with one attached hydrogen (secondary N) is 1. The molecular weight excluding hydrogens is 598 g/mol. The Morgan fingerprint density at radius 3 is 2.47 bits per heavy atom. The number of ether oxygens (including phenoxy) is 2. The number of cyclic esters (lactones) is 1. The van der Waals surface area contributed by atoms with E-state index in [4.69, 9.17) is 9.47 Å². The first-order valence-corrected chi connectivity index (χ1v) is 17.5. The second-order valence-electron chi connectivity index (χ2n) is 14.3. The molecule has 0 aromatic heterocycles. The molecule has 10 heteroatoms. The fraction of sp³-hybridized carbons (Fsp3) is 0.622. The molecule has 6 rings (SSSR count). The number of benzene rings is 1. The van der Waals surface area contributed by atoms with Gasteiger partial charge in [0.15, 0.2) is 0 Å². The third-order valence-electron chi connectivity index (χ3n) is 10.7. The van der Waals surface area contributed by atoms with E-state index in [9.17, 15) is 24.3 Å². The minimum Gasteiger partial charge on any atom is -0.455 e. The zero-order valence-electron chi connectivity index (χ0n) is 27.8. The number of allylic oxidation sites excluding steroid dienone is 1. The van der Waals surface area contributed by atoms with Crippen molar-refractivity contribution in [2.45, 2.75) is 114 Å². The number of amides is 3. The van der Waals surface area contributed by atoms with E-state index in [2.05, 4.69) is 5.32 Å². The van der Waals surface area contributed by atoms with Gasteiger partial charge in [0.2, 0.25) is 17.7 Å². The third-order valence-corrected chi connectivity index (χ3v) is 10.7. The van der Waals surface area contributed by atoms with E-state index in [0.717, 1.165) is 32.1 Å². The van der Waals surface area contributed by atoms with Gasteiger partial charge in [-0.3, -0.25) is 19.2 Å². The summed E-state index contributed by atoms with van der Waals surface area (Å²) in [5.41, 5.74) is -0.711. The Labute approximate surface area is 277 Å². The Morgan fingerprint density at radius 1 is 1.02 bits per heavy atom. The van der Waals surface area contributed by atoms with Crippen LogP contribution < -0.4 is 5.32 Å². The van der Waals surface area contributed by atoms with E-state index in [0.29, 0.717) is 24.9 Å². The summed E-state index contributed by atoms with van der Waals surface area (Å²) in [6.07, 6.45) is 11.8. The fourth-order valence-corrected chi connectivity index (χ4v) is 8.60. The van der Waals surface area contributed by atoms with Crippen molar-refractivity contribution in [2.75, 3.05) is 13.2 Å². The number of rotatable bonds is 6. The number of hydrogen-bond donors (Lipinski definition) is 2. The van der Waals surface area contributed by atoms with Gasteiger partial charge in [-0.05, 0) is 44.1 Å². The number of carbonyl (C=O) groups excluding carboxylic acids is 4. The predicted octanol–water partition coefficient (Wildman–Crippen LogP) is 3.84. The summed E-state index contributed by atoms with van der Waals surface area (Å²) in [6.45, 7) is 5.93. The first kappa shape index (κ1) is 33.4. The van der Waals surface area contributed by atoms with Gasteiger partial charge in [-0.1, -0.05) is 87.7 Å². The molecule has 1 spiro atoms. The SMILES string of the molecule is CC(C)C[C@H](CO)N1C(=O)[C@@H]2[C@H]3C(=O)O[C@H](c4ccccc4)[C@@H](C)NC(=O)CC/C=C\[C@H]3O[C@@]23C=CCN(C2CCCCC2)C(=O)[C@@H]13. The lowest BCUT2D eigenvalue weighted by Gasteiger charge is -2.41.